The predicted octanol–water partition coefficient (Wildman–Crippen LogP) is 0.509. The molecule has 10 nitrogen and oxygen atoms in total. The molecular formula is C16H20N8O2. The van der Waals surface area contributed by atoms with E-state index in [1.165, 1.54) is 16.9 Å². The Morgan fingerprint density at radius 1 is 1.27 bits per heavy atom. The summed E-state index contributed by atoms with van der Waals surface area (Å²) in [6.45, 7) is 3.78. The van der Waals surface area contributed by atoms with Gasteiger partial charge in [-0.15, -0.1) is 5.10 Å². The number of rotatable bonds is 5. The van der Waals surface area contributed by atoms with Crippen LogP contribution in [0.3, 0.4) is 0 Å². The number of carbonyl (C=O) groups excluding carboxylic acids is 1. The molecule has 0 spiro atoms. The molecule has 0 atom stereocenters. The minimum atomic E-state index is -0.384. The summed E-state index contributed by atoms with van der Waals surface area (Å²) in [7, 11) is 3.60. The molecule has 0 aliphatic carbocycles. The SMILES string of the molecule is CC(C)c1cc2c(=O)n(CC(=O)Nc3ccnnc3)nc(N(C)C)n2n1. The number of fused-ring (bicyclic) bond motifs is 1. The Morgan fingerprint density at radius 3 is 2.65 bits per heavy atom. The maximum Gasteiger partial charge on any atom is 0.293 e. The van der Waals surface area contributed by atoms with Crippen molar-refractivity contribution in [1.82, 2.24) is 29.6 Å². The van der Waals surface area contributed by atoms with Gasteiger partial charge < -0.3 is 10.2 Å². The number of aromatic nitrogens is 6. The van der Waals surface area contributed by atoms with Crippen LogP contribution in [-0.2, 0) is 11.3 Å². The van der Waals surface area contributed by atoms with Gasteiger partial charge in [-0.25, -0.2) is 4.68 Å². The van der Waals surface area contributed by atoms with Crippen LogP contribution in [0.4, 0.5) is 11.6 Å². The van der Waals surface area contributed by atoms with E-state index in [2.05, 4.69) is 25.7 Å². The normalized spacial score (nSPS) is 11.1. The molecule has 10 heteroatoms. The molecule has 0 fully saturated rings. The first-order chi connectivity index (χ1) is 12.4. The highest BCUT2D eigenvalue weighted by molar-refractivity contribution is 5.90. The molecule has 3 aromatic rings. The number of anilines is 2. The van der Waals surface area contributed by atoms with E-state index >= 15 is 0 Å². The molecule has 0 unspecified atom stereocenters. The second-order valence-corrected chi connectivity index (χ2v) is 6.36. The van der Waals surface area contributed by atoms with Crippen molar-refractivity contribution in [2.24, 2.45) is 0 Å². The molecule has 3 aromatic heterocycles. The summed E-state index contributed by atoms with van der Waals surface area (Å²) in [5, 5.41) is 18.8. The van der Waals surface area contributed by atoms with E-state index in [4.69, 9.17) is 0 Å². The van der Waals surface area contributed by atoms with Crippen LogP contribution in [0.2, 0.25) is 0 Å². The quantitative estimate of drug-likeness (QED) is 0.709. The van der Waals surface area contributed by atoms with E-state index in [-0.39, 0.29) is 23.9 Å². The zero-order chi connectivity index (χ0) is 18.8. The molecule has 0 aromatic carbocycles. The first kappa shape index (κ1) is 17.5. The number of hydrogen-bond donors (Lipinski definition) is 1. The van der Waals surface area contributed by atoms with Crippen LogP contribution >= 0.6 is 0 Å². The molecular weight excluding hydrogens is 336 g/mol. The molecule has 0 saturated heterocycles. The Labute approximate surface area is 149 Å². The Kier molecular flexibility index (Phi) is 4.65. The van der Waals surface area contributed by atoms with Gasteiger partial charge in [0.25, 0.3) is 5.56 Å². The van der Waals surface area contributed by atoms with Gasteiger partial charge in [-0.2, -0.15) is 19.8 Å². The van der Waals surface area contributed by atoms with Crippen LogP contribution in [-0.4, -0.2) is 49.6 Å². The first-order valence-electron chi connectivity index (χ1n) is 8.11. The summed E-state index contributed by atoms with van der Waals surface area (Å²) < 4.78 is 2.65. The first-order valence-corrected chi connectivity index (χ1v) is 8.11. The lowest BCUT2D eigenvalue weighted by atomic mass is 10.1. The number of amides is 1. The lowest BCUT2D eigenvalue weighted by Crippen LogP contribution is -2.33. The number of nitrogens with zero attached hydrogens (tertiary/aromatic N) is 7. The molecule has 3 rings (SSSR count). The number of hydrogen-bond acceptors (Lipinski definition) is 7. The van der Waals surface area contributed by atoms with Crippen molar-refractivity contribution in [3.8, 4) is 0 Å². The highest BCUT2D eigenvalue weighted by Crippen LogP contribution is 2.16. The van der Waals surface area contributed by atoms with Crippen molar-refractivity contribution in [3.05, 3.63) is 40.6 Å². The number of nitrogens with one attached hydrogen (secondary N) is 1. The maximum atomic E-state index is 12.7. The van der Waals surface area contributed by atoms with Crippen molar-refractivity contribution < 1.29 is 4.79 Å². The molecule has 136 valence electrons. The third kappa shape index (κ3) is 3.39. The monoisotopic (exact) mass is 356 g/mol. The molecule has 0 radical (unpaired) electrons. The molecule has 0 aliphatic rings. The van der Waals surface area contributed by atoms with Crippen molar-refractivity contribution in [3.63, 3.8) is 0 Å². The van der Waals surface area contributed by atoms with Crippen LogP contribution in [0, 0.1) is 0 Å². The van der Waals surface area contributed by atoms with E-state index in [0.29, 0.717) is 17.2 Å². The Morgan fingerprint density at radius 2 is 2.04 bits per heavy atom. The largest absolute Gasteiger partial charge is 0.346 e. The van der Waals surface area contributed by atoms with Gasteiger partial charge in [0.2, 0.25) is 11.9 Å². The second-order valence-electron chi connectivity index (χ2n) is 6.36. The zero-order valence-corrected chi connectivity index (χ0v) is 15.0. The molecule has 0 bridgehead atoms. The highest BCUT2D eigenvalue weighted by atomic mass is 16.2. The lowest BCUT2D eigenvalue weighted by molar-refractivity contribution is -0.117. The Balaban J connectivity index is 1.99. The summed E-state index contributed by atoms with van der Waals surface area (Å²) in [5.41, 5.74) is 1.29. The minimum absolute atomic E-state index is 0.167. The highest BCUT2D eigenvalue weighted by Gasteiger charge is 2.18. The van der Waals surface area contributed by atoms with Crippen LogP contribution < -0.4 is 15.8 Å². The van der Waals surface area contributed by atoms with E-state index in [0.717, 1.165) is 10.4 Å². The average molecular weight is 356 g/mol. The lowest BCUT2D eigenvalue weighted by Gasteiger charge is -2.14. The van der Waals surface area contributed by atoms with Crippen molar-refractivity contribution in [2.45, 2.75) is 26.3 Å². The fourth-order valence-corrected chi connectivity index (χ4v) is 2.40. The molecule has 1 amide bonds. The average Bonchev–Trinajstić information content (AvgIpc) is 3.04. The fraction of sp³-hybridized carbons (Fsp3) is 0.375. The second kappa shape index (κ2) is 6.90. The zero-order valence-electron chi connectivity index (χ0n) is 15.0. The maximum absolute atomic E-state index is 12.7. The van der Waals surface area contributed by atoms with E-state index < -0.39 is 0 Å². The standard InChI is InChI=1S/C16H20N8O2/c1-10(2)12-7-13-15(26)23(21-16(22(3)4)24(13)20-12)9-14(25)19-11-5-6-17-18-8-11/h5-8,10H,9H2,1-4H3,(H,17,19,25). The van der Waals surface area contributed by atoms with Gasteiger partial charge in [-0.3, -0.25) is 9.59 Å². The van der Waals surface area contributed by atoms with Crippen molar-refractivity contribution in [1.29, 1.82) is 0 Å². The summed E-state index contributed by atoms with van der Waals surface area (Å²) in [4.78, 5) is 26.8. The predicted molar refractivity (Wildman–Crippen MR) is 96.3 cm³/mol. The van der Waals surface area contributed by atoms with Crippen LogP contribution in [0.25, 0.3) is 5.52 Å². The third-order valence-corrected chi connectivity index (χ3v) is 3.73. The van der Waals surface area contributed by atoms with Gasteiger partial charge in [0.1, 0.15) is 12.1 Å². The number of carbonyl (C=O) groups is 1. The Hall–Kier alpha value is -3.30. The van der Waals surface area contributed by atoms with Crippen molar-refractivity contribution >= 4 is 23.1 Å². The van der Waals surface area contributed by atoms with Crippen LogP contribution in [0.15, 0.2) is 29.3 Å². The van der Waals surface area contributed by atoms with Gasteiger partial charge >= 0.3 is 0 Å². The van der Waals surface area contributed by atoms with E-state index in [1.54, 1.807) is 31.1 Å². The van der Waals surface area contributed by atoms with Crippen LogP contribution in [0.5, 0.6) is 0 Å². The Bertz CT molecular complexity index is 991. The summed E-state index contributed by atoms with van der Waals surface area (Å²) in [5.74, 6) is 0.246. The molecule has 0 saturated carbocycles. The van der Waals surface area contributed by atoms with Gasteiger partial charge in [-0.05, 0) is 18.1 Å². The summed E-state index contributed by atoms with van der Waals surface area (Å²) in [6, 6.07) is 3.35. The van der Waals surface area contributed by atoms with Gasteiger partial charge in [0, 0.05) is 14.1 Å². The van der Waals surface area contributed by atoms with E-state index in [9.17, 15) is 9.59 Å². The van der Waals surface area contributed by atoms with Gasteiger partial charge in [0.15, 0.2) is 0 Å². The molecule has 1 N–H and O–H groups in total. The van der Waals surface area contributed by atoms with E-state index in [1.807, 2.05) is 13.8 Å². The third-order valence-electron chi connectivity index (χ3n) is 3.73. The minimum Gasteiger partial charge on any atom is -0.346 e. The van der Waals surface area contributed by atoms with Crippen molar-refractivity contribution in [2.75, 3.05) is 24.3 Å². The van der Waals surface area contributed by atoms with Gasteiger partial charge in [0.05, 0.1) is 23.8 Å². The fourth-order valence-electron chi connectivity index (χ4n) is 2.40. The summed E-state index contributed by atoms with van der Waals surface area (Å²) >= 11 is 0. The van der Waals surface area contributed by atoms with Gasteiger partial charge in [-0.1, -0.05) is 13.8 Å². The molecule has 3 heterocycles. The smallest absolute Gasteiger partial charge is 0.293 e. The topological polar surface area (TPSA) is 110 Å². The molecule has 26 heavy (non-hydrogen) atoms. The van der Waals surface area contributed by atoms with Crippen LogP contribution in [0.1, 0.15) is 25.5 Å². The molecule has 0 aliphatic heterocycles. The summed E-state index contributed by atoms with van der Waals surface area (Å²) in [6.07, 6.45) is 2.89.